The summed E-state index contributed by atoms with van der Waals surface area (Å²) in [5, 5.41) is 21.2. The highest BCUT2D eigenvalue weighted by atomic mass is 32.2. The predicted octanol–water partition coefficient (Wildman–Crippen LogP) is 2.16. The molecule has 0 radical (unpaired) electrons. The van der Waals surface area contributed by atoms with Crippen LogP contribution in [0.2, 0.25) is 0 Å². The molecular formula is C16H16N2O6S. The highest BCUT2D eigenvalue weighted by molar-refractivity contribution is 7.92. The van der Waals surface area contributed by atoms with E-state index in [4.69, 9.17) is 5.11 Å². The van der Waals surface area contributed by atoms with Crippen molar-refractivity contribution in [1.29, 1.82) is 0 Å². The average molecular weight is 364 g/mol. The summed E-state index contributed by atoms with van der Waals surface area (Å²) in [4.78, 5) is 21.9. The van der Waals surface area contributed by atoms with Crippen molar-refractivity contribution < 1.29 is 28.2 Å². The van der Waals surface area contributed by atoms with Crippen LogP contribution in [0.5, 0.6) is 5.75 Å². The van der Waals surface area contributed by atoms with Gasteiger partial charge >= 0.3 is 5.97 Å². The van der Waals surface area contributed by atoms with Gasteiger partial charge in [-0.05, 0) is 42.8 Å². The lowest BCUT2D eigenvalue weighted by atomic mass is 10.1. The minimum absolute atomic E-state index is 0.188. The van der Waals surface area contributed by atoms with Crippen LogP contribution in [0.1, 0.15) is 22.8 Å². The summed E-state index contributed by atoms with van der Waals surface area (Å²) in [7, 11) is -4.10. The Labute approximate surface area is 144 Å². The molecule has 25 heavy (non-hydrogen) atoms. The van der Waals surface area contributed by atoms with Crippen molar-refractivity contribution in [3.63, 3.8) is 0 Å². The van der Waals surface area contributed by atoms with E-state index in [0.717, 1.165) is 12.1 Å². The molecule has 9 heteroatoms. The van der Waals surface area contributed by atoms with E-state index in [1.807, 2.05) is 0 Å². The minimum atomic E-state index is -4.10. The molecule has 4 N–H and O–H groups in total. The normalized spacial score (nSPS) is 11.0. The molecule has 2 aromatic carbocycles. The van der Waals surface area contributed by atoms with Gasteiger partial charge in [0.05, 0.1) is 10.6 Å². The SMILES string of the molecule is CC(=O)Nc1cccc(NS(=O)(=O)c2cc(C(=O)O)c(O)cc2C)c1. The molecule has 0 aliphatic carbocycles. The van der Waals surface area contributed by atoms with Crippen LogP contribution in [0.25, 0.3) is 0 Å². The monoisotopic (exact) mass is 364 g/mol. The predicted molar refractivity (Wildman–Crippen MR) is 91.4 cm³/mol. The first-order valence-electron chi connectivity index (χ1n) is 7.07. The number of benzene rings is 2. The zero-order chi connectivity index (χ0) is 18.8. The van der Waals surface area contributed by atoms with E-state index >= 15 is 0 Å². The van der Waals surface area contributed by atoms with Crippen LogP contribution >= 0.6 is 0 Å². The second kappa shape index (κ2) is 6.81. The molecular weight excluding hydrogens is 348 g/mol. The van der Waals surface area contributed by atoms with Gasteiger partial charge in [0.2, 0.25) is 5.91 Å². The number of phenols is 1. The quantitative estimate of drug-likeness (QED) is 0.642. The summed E-state index contributed by atoms with van der Waals surface area (Å²) >= 11 is 0. The first-order valence-corrected chi connectivity index (χ1v) is 8.56. The number of carboxylic acids is 1. The Morgan fingerprint density at radius 1 is 1.08 bits per heavy atom. The molecule has 0 aliphatic heterocycles. The molecule has 132 valence electrons. The molecule has 1 amide bonds. The number of sulfonamides is 1. The van der Waals surface area contributed by atoms with Crippen LogP contribution in [0, 0.1) is 6.92 Å². The second-order valence-electron chi connectivity index (χ2n) is 5.31. The van der Waals surface area contributed by atoms with Crippen LogP contribution in [0.15, 0.2) is 41.3 Å². The summed E-state index contributed by atoms with van der Waals surface area (Å²) < 4.78 is 27.5. The maximum atomic E-state index is 12.6. The molecule has 0 fully saturated rings. The van der Waals surface area contributed by atoms with Crippen molar-refractivity contribution in [3.05, 3.63) is 47.5 Å². The number of rotatable bonds is 5. The van der Waals surface area contributed by atoms with Gasteiger partial charge in [-0.3, -0.25) is 9.52 Å². The molecule has 0 aliphatic rings. The number of nitrogens with one attached hydrogen (secondary N) is 2. The molecule has 2 rings (SSSR count). The fourth-order valence-corrected chi connectivity index (χ4v) is 3.51. The number of hydrogen-bond donors (Lipinski definition) is 4. The summed E-state index contributed by atoms with van der Waals surface area (Å²) in [6.07, 6.45) is 0. The van der Waals surface area contributed by atoms with Crippen LogP contribution in [0.3, 0.4) is 0 Å². The van der Waals surface area contributed by atoms with Crippen LogP contribution < -0.4 is 10.0 Å². The third-order valence-electron chi connectivity index (χ3n) is 3.25. The average Bonchev–Trinajstić information content (AvgIpc) is 2.45. The van der Waals surface area contributed by atoms with Gasteiger partial charge < -0.3 is 15.5 Å². The zero-order valence-electron chi connectivity index (χ0n) is 13.4. The number of aromatic hydroxyl groups is 1. The second-order valence-corrected chi connectivity index (χ2v) is 6.96. The van der Waals surface area contributed by atoms with Gasteiger partial charge in [0.15, 0.2) is 0 Å². The standard InChI is InChI=1S/C16H16N2O6S/c1-9-6-14(20)13(16(21)22)8-15(9)25(23,24)18-12-5-3-4-11(7-12)17-10(2)19/h3-8,18,20H,1-2H3,(H,17,19)(H,21,22). The molecule has 2 aromatic rings. The van der Waals surface area contributed by atoms with Gasteiger partial charge in [-0.2, -0.15) is 0 Å². The molecule has 0 atom stereocenters. The van der Waals surface area contributed by atoms with Gasteiger partial charge in [0.25, 0.3) is 10.0 Å². The number of anilines is 2. The maximum Gasteiger partial charge on any atom is 0.339 e. The lowest BCUT2D eigenvalue weighted by Crippen LogP contribution is -2.15. The Kier molecular flexibility index (Phi) is 4.98. The number of amides is 1. The largest absolute Gasteiger partial charge is 0.507 e. The number of aromatic carboxylic acids is 1. The third-order valence-corrected chi connectivity index (χ3v) is 4.77. The summed E-state index contributed by atoms with van der Waals surface area (Å²) in [5.41, 5.74) is 0.267. The van der Waals surface area contributed by atoms with E-state index in [-0.39, 0.29) is 22.1 Å². The Morgan fingerprint density at radius 2 is 1.72 bits per heavy atom. The summed E-state index contributed by atoms with van der Waals surface area (Å²) in [6, 6.07) is 8.02. The fraction of sp³-hybridized carbons (Fsp3) is 0.125. The molecule has 0 bridgehead atoms. The molecule has 0 heterocycles. The van der Waals surface area contributed by atoms with Gasteiger partial charge in [-0.15, -0.1) is 0 Å². The molecule has 0 spiro atoms. The highest BCUT2D eigenvalue weighted by Crippen LogP contribution is 2.27. The van der Waals surface area contributed by atoms with Gasteiger partial charge in [0.1, 0.15) is 11.3 Å². The summed E-state index contributed by atoms with van der Waals surface area (Å²) in [5.74, 6) is -2.27. The smallest absolute Gasteiger partial charge is 0.339 e. The fourth-order valence-electron chi connectivity index (χ4n) is 2.21. The van der Waals surface area contributed by atoms with Gasteiger partial charge in [0, 0.05) is 12.6 Å². The van der Waals surface area contributed by atoms with Crippen LogP contribution in [-0.4, -0.2) is 30.5 Å². The first-order chi connectivity index (χ1) is 11.6. The lowest BCUT2D eigenvalue weighted by molar-refractivity contribution is -0.114. The van der Waals surface area contributed by atoms with E-state index in [9.17, 15) is 23.1 Å². The van der Waals surface area contributed by atoms with E-state index in [1.165, 1.54) is 26.0 Å². The van der Waals surface area contributed by atoms with Crippen molar-refractivity contribution >= 4 is 33.3 Å². The molecule has 0 saturated heterocycles. The van der Waals surface area contributed by atoms with Crippen molar-refractivity contribution in [2.75, 3.05) is 10.0 Å². The van der Waals surface area contributed by atoms with Crippen LogP contribution in [-0.2, 0) is 14.8 Å². The Hall–Kier alpha value is -3.07. The highest BCUT2D eigenvalue weighted by Gasteiger charge is 2.22. The molecule has 8 nitrogen and oxygen atoms in total. The Balaban J connectivity index is 2.42. The summed E-state index contributed by atoms with van der Waals surface area (Å²) in [6.45, 7) is 2.76. The maximum absolute atomic E-state index is 12.6. The van der Waals surface area contributed by atoms with Gasteiger partial charge in [-0.25, -0.2) is 13.2 Å². The Bertz CT molecular complexity index is 953. The van der Waals surface area contributed by atoms with E-state index < -0.39 is 27.3 Å². The van der Waals surface area contributed by atoms with Crippen LogP contribution in [0.4, 0.5) is 11.4 Å². The number of carbonyl (C=O) groups excluding carboxylic acids is 1. The number of aryl methyl sites for hydroxylation is 1. The minimum Gasteiger partial charge on any atom is -0.507 e. The lowest BCUT2D eigenvalue weighted by Gasteiger charge is -2.13. The number of hydrogen-bond acceptors (Lipinski definition) is 5. The molecule has 0 unspecified atom stereocenters. The van der Waals surface area contributed by atoms with E-state index in [2.05, 4.69) is 10.0 Å². The van der Waals surface area contributed by atoms with Crippen molar-refractivity contribution in [1.82, 2.24) is 0 Å². The van der Waals surface area contributed by atoms with Gasteiger partial charge in [-0.1, -0.05) is 6.07 Å². The molecule has 0 saturated carbocycles. The molecule has 0 aromatic heterocycles. The van der Waals surface area contributed by atoms with Crippen molar-refractivity contribution in [2.24, 2.45) is 0 Å². The van der Waals surface area contributed by atoms with Crippen molar-refractivity contribution in [2.45, 2.75) is 18.7 Å². The number of carboxylic acid groups (broad SMARTS) is 1. The third kappa shape index (κ3) is 4.27. The Morgan fingerprint density at radius 3 is 2.32 bits per heavy atom. The first kappa shape index (κ1) is 18.3. The topological polar surface area (TPSA) is 133 Å². The zero-order valence-corrected chi connectivity index (χ0v) is 14.2. The van der Waals surface area contributed by atoms with E-state index in [1.54, 1.807) is 12.1 Å². The van der Waals surface area contributed by atoms with Crippen molar-refractivity contribution in [3.8, 4) is 5.75 Å². The van der Waals surface area contributed by atoms with E-state index in [0.29, 0.717) is 5.69 Å². The number of carbonyl (C=O) groups is 2.